The predicted octanol–water partition coefficient (Wildman–Crippen LogP) is 3.66. The Hall–Kier alpha value is -2.37. The van der Waals surface area contributed by atoms with E-state index in [1.807, 2.05) is 45.0 Å². The minimum Gasteiger partial charge on any atom is -0.345 e. The molecule has 1 unspecified atom stereocenters. The van der Waals surface area contributed by atoms with E-state index >= 15 is 0 Å². The van der Waals surface area contributed by atoms with Gasteiger partial charge in [-0.05, 0) is 80.2 Å². The molecule has 6 heteroatoms. The summed E-state index contributed by atoms with van der Waals surface area (Å²) in [5.41, 5.74) is 1.53. The number of rotatable bonds is 8. The fraction of sp³-hybridized carbons (Fsp3) is 0.654. The van der Waals surface area contributed by atoms with Gasteiger partial charge in [0.1, 0.15) is 6.04 Å². The molecule has 0 saturated heterocycles. The number of carbonyl (C=O) groups excluding carboxylic acids is 3. The second-order valence-electron chi connectivity index (χ2n) is 10.7. The number of nitrogens with one attached hydrogen (secondary N) is 3. The first-order chi connectivity index (χ1) is 15.3. The third-order valence-electron chi connectivity index (χ3n) is 7.85. The van der Waals surface area contributed by atoms with Crippen molar-refractivity contribution in [2.75, 3.05) is 11.9 Å². The minimum absolute atomic E-state index is 0.0479. The summed E-state index contributed by atoms with van der Waals surface area (Å²) in [7, 11) is 0. The molecule has 4 aliphatic rings. The van der Waals surface area contributed by atoms with E-state index in [9.17, 15) is 14.4 Å². The van der Waals surface area contributed by atoms with Crippen molar-refractivity contribution in [2.24, 2.45) is 29.1 Å². The zero-order valence-corrected chi connectivity index (χ0v) is 19.6. The van der Waals surface area contributed by atoms with Crippen LogP contribution >= 0.6 is 0 Å². The number of para-hydroxylation sites is 1. The lowest BCUT2D eigenvalue weighted by molar-refractivity contribution is -0.149. The Morgan fingerprint density at radius 2 is 1.59 bits per heavy atom. The van der Waals surface area contributed by atoms with Crippen molar-refractivity contribution in [3.63, 3.8) is 0 Å². The fourth-order valence-electron chi connectivity index (χ4n) is 6.64. The molecular formula is C26H37N3O3. The SMILES string of the molecule is CCc1ccccc1NC(=O)CNC(=O)C(NC(=O)C12CC3CC(CC(C3)C1)C2)C(C)C. The molecule has 4 bridgehead atoms. The molecule has 6 nitrogen and oxygen atoms in total. The average Bonchev–Trinajstić information content (AvgIpc) is 2.74. The van der Waals surface area contributed by atoms with Crippen LogP contribution in [0.1, 0.15) is 64.9 Å². The highest BCUT2D eigenvalue weighted by Crippen LogP contribution is 2.60. The van der Waals surface area contributed by atoms with Crippen molar-refractivity contribution in [3.8, 4) is 0 Å². The Morgan fingerprint density at radius 1 is 1.00 bits per heavy atom. The number of anilines is 1. The van der Waals surface area contributed by atoms with Crippen LogP contribution < -0.4 is 16.0 Å². The van der Waals surface area contributed by atoms with E-state index in [4.69, 9.17) is 0 Å². The first-order valence-corrected chi connectivity index (χ1v) is 12.3. The van der Waals surface area contributed by atoms with Gasteiger partial charge in [0, 0.05) is 11.1 Å². The quantitative estimate of drug-likeness (QED) is 0.578. The molecule has 4 saturated carbocycles. The van der Waals surface area contributed by atoms with Crippen LogP contribution in [0.5, 0.6) is 0 Å². The van der Waals surface area contributed by atoms with Gasteiger partial charge in [0.05, 0.1) is 6.54 Å². The van der Waals surface area contributed by atoms with Crippen molar-refractivity contribution in [2.45, 2.75) is 71.8 Å². The van der Waals surface area contributed by atoms with Crippen LogP contribution in [0, 0.1) is 29.1 Å². The Morgan fingerprint density at radius 3 is 2.16 bits per heavy atom. The van der Waals surface area contributed by atoms with Gasteiger partial charge >= 0.3 is 0 Å². The monoisotopic (exact) mass is 439 g/mol. The molecule has 1 aromatic carbocycles. The Labute approximate surface area is 191 Å². The summed E-state index contributed by atoms with van der Waals surface area (Å²) >= 11 is 0. The van der Waals surface area contributed by atoms with Crippen molar-refractivity contribution in [1.29, 1.82) is 0 Å². The van der Waals surface area contributed by atoms with E-state index < -0.39 is 6.04 Å². The van der Waals surface area contributed by atoms with Gasteiger partial charge in [-0.3, -0.25) is 14.4 Å². The van der Waals surface area contributed by atoms with Crippen LogP contribution in [0.3, 0.4) is 0 Å². The molecule has 4 aliphatic carbocycles. The van der Waals surface area contributed by atoms with Crippen LogP contribution in [0.15, 0.2) is 24.3 Å². The molecule has 32 heavy (non-hydrogen) atoms. The van der Waals surface area contributed by atoms with E-state index in [-0.39, 0.29) is 35.6 Å². The molecule has 5 rings (SSSR count). The molecule has 4 fully saturated rings. The van der Waals surface area contributed by atoms with Crippen molar-refractivity contribution in [3.05, 3.63) is 29.8 Å². The third kappa shape index (κ3) is 4.69. The predicted molar refractivity (Wildman–Crippen MR) is 125 cm³/mol. The average molecular weight is 440 g/mol. The van der Waals surface area contributed by atoms with E-state index in [2.05, 4.69) is 16.0 Å². The molecule has 1 atom stereocenters. The summed E-state index contributed by atoms with van der Waals surface area (Å²) in [5, 5.41) is 8.69. The highest BCUT2D eigenvalue weighted by atomic mass is 16.2. The maximum atomic E-state index is 13.4. The van der Waals surface area contributed by atoms with Gasteiger partial charge < -0.3 is 16.0 Å². The topological polar surface area (TPSA) is 87.3 Å². The number of benzene rings is 1. The molecule has 0 spiro atoms. The standard InChI is InChI=1S/C26H37N3O3/c1-4-20-7-5-6-8-21(20)28-22(30)15-27-24(31)23(16(2)3)29-25(32)26-12-17-9-18(13-26)11-19(10-17)14-26/h5-8,16-19,23H,4,9-15H2,1-3H3,(H,27,31)(H,28,30)(H,29,32). The maximum Gasteiger partial charge on any atom is 0.243 e. The van der Waals surface area contributed by atoms with Crippen LogP contribution in [-0.2, 0) is 20.8 Å². The zero-order chi connectivity index (χ0) is 22.9. The van der Waals surface area contributed by atoms with E-state index in [1.165, 1.54) is 19.3 Å². The second-order valence-corrected chi connectivity index (χ2v) is 10.7. The summed E-state index contributed by atoms with van der Waals surface area (Å²) in [5.74, 6) is 1.45. The molecule has 1 aromatic rings. The van der Waals surface area contributed by atoms with Gasteiger partial charge in [0.25, 0.3) is 0 Å². The highest BCUT2D eigenvalue weighted by Gasteiger charge is 2.55. The third-order valence-corrected chi connectivity index (χ3v) is 7.85. The first-order valence-electron chi connectivity index (χ1n) is 12.3. The summed E-state index contributed by atoms with van der Waals surface area (Å²) in [6.45, 7) is 5.78. The van der Waals surface area contributed by atoms with Gasteiger partial charge in [0.2, 0.25) is 17.7 Å². The van der Waals surface area contributed by atoms with Gasteiger partial charge in [-0.1, -0.05) is 39.0 Å². The molecule has 3 amide bonds. The zero-order valence-electron chi connectivity index (χ0n) is 19.6. The Balaban J connectivity index is 1.34. The normalized spacial score (nSPS) is 28.9. The summed E-state index contributed by atoms with van der Waals surface area (Å²) < 4.78 is 0. The second kappa shape index (κ2) is 9.24. The molecule has 0 aromatic heterocycles. The van der Waals surface area contributed by atoms with Crippen molar-refractivity contribution < 1.29 is 14.4 Å². The number of carbonyl (C=O) groups is 3. The number of hydrogen-bond donors (Lipinski definition) is 3. The Kier molecular flexibility index (Phi) is 6.59. The first kappa shape index (κ1) is 22.8. The molecular weight excluding hydrogens is 402 g/mol. The summed E-state index contributed by atoms with van der Waals surface area (Å²) in [6, 6.07) is 7.02. The highest BCUT2D eigenvalue weighted by molar-refractivity contribution is 5.97. The van der Waals surface area contributed by atoms with E-state index in [1.54, 1.807) is 0 Å². The van der Waals surface area contributed by atoms with Gasteiger partial charge in [-0.15, -0.1) is 0 Å². The van der Waals surface area contributed by atoms with Crippen LogP contribution in [0.2, 0.25) is 0 Å². The molecule has 174 valence electrons. The lowest BCUT2D eigenvalue weighted by atomic mass is 9.49. The smallest absolute Gasteiger partial charge is 0.243 e. The molecule has 0 radical (unpaired) electrons. The van der Waals surface area contributed by atoms with Gasteiger partial charge in [0.15, 0.2) is 0 Å². The molecule has 3 N–H and O–H groups in total. The van der Waals surface area contributed by atoms with Crippen LogP contribution in [-0.4, -0.2) is 30.3 Å². The van der Waals surface area contributed by atoms with Gasteiger partial charge in [-0.2, -0.15) is 0 Å². The Bertz CT molecular complexity index is 844. The van der Waals surface area contributed by atoms with Crippen molar-refractivity contribution in [1.82, 2.24) is 10.6 Å². The summed E-state index contributed by atoms with van der Waals surface area (Å²) in [6.07, 6.45) is 7.54. The number of hydrogen-bond acceptors (Lipinski definition) is 3. The van der Waals surface area contributed by atoms with E-state index in [0.717, 1.165) is 36.9 Å². The molecule has 0 heterocycles. The maximum absolute atomic E-state index is 13.4. The summed E-state index contributed by atoms with van der Waals surface area (Å²) in [4.78, 5) is 38.7. The minimum atomic E-state index is -0.633. The number of amides is 3. The lowest BCUT2D eigenvalue weighted by Crippen LogP contribution is -2.58. The van der Waals surface area contributed by atoms with Crippen molar-refractivity contribution >= 4 is 23.4 Å². The van der Waals surface area contributed by atoms with Crippen LogP contribution in [0.25, 0.3) is 0 Å². The van der Waals surface area contributed by atoms with E-state index in [0.29, 0.717) is 17.8 Å². The lowest BCUT2D eigenvalue weighted by Gasteiger charge is -2.55. The van der Waals surface area contributed by atoms with Crippen LogP contribution in [0.4, 0.5) is 5.69 Å². The number of aryl methyl sites for hydroxylation is 1. The largest absolute Gasteiger partial charge is 0.345 e. The molecule has 0 aliphatic heterocycles. The fourth-order valence-corrected chi connectivity index (χ4v) is 6.64. The van der Waals surface area contributed by atoms with Gasteiger partial charge in [-0.25, -0.2) is 0 Å².